The van der Waals surface area contributed by atoms with Gasteiger partial charge < -0.3 is 9.80 Å². The Bertz CT molecular complexity index is 265. The summed E-state index contributed by atoms with van der Waals surface area (Å²) in [5, 5.41) is 14.5. The van der Waals surface area contributed by atoms with Gasteiger partial charge in [0.05, 0.1) is 6.67 Å². The second-order valence-corrected chi connectivity index (χ2v) is 3.79. The van der Waals surface area contributed by atoms with Crippen LogP contribution in [0.5, 0.6) is 0 Å². The van der Waals surface area contributed by atoms with Gasteiger partial charge in [-0.05, 0) is 6.42 Å². The van der Waals surface area contributed by atoms with Gasteiger partial charge in [-0.2, -0.15) is 24.0 Å². The lowest BCUT2D eigenvalue weighted by molar-refractivity contribution is 0.291. The van der Waals surface area contributed by atoms with Crippen LogP contribution in [0.4, 0.5) is 0 Å². The fourth-order valence-electron chi connectivity index (χ4n) is 1.48. The number of rotatable bonds is 5. The highest BCUT2D eigenvalue weighted by Gasteiger charge is 2.06. The lowest BCUT2D eigenvalue weighted by Gasteiger charge is -2.17. The smallest absolute Gasteiger partial charge is 0.181 e. The van der Waals surface area contributed by atoms with Crippen LogP contribution in [0.25, 0.3) is 0 Å². The number of unbranched alkanes of at least 4 members (excludes halogenated alkanes) is 3. The topological polar surface area (TPSA) is 54.1 Å². The Kier molecular flexibility index (Phi) is 13.5. The molecule has 0 aromatic rings. The van der Waals surface area contributed by atoms with Crippen molar-refractivity contribution in [3.05, 3.63) is 12.4 Å². The summed E-state index contributed by atoms with van der Waals surface area (Å²) in [5.41, 5.74) is 0. The minimum atomic E-state index is 0. The van der Waals surface area contributed by atoms with E-state index in [2.05, 4.69) is 36.2 Å². The fourth-order valence-corrected chi connectivity index (χ4v) is 1.48. The van der Waals surface area contributed by atoms with Gasteiger partial charge in [-0.15, -0.1) is 0 Å². The molecule has 5 heteroatoms. The molecule has 0 bridgehead atoms. The van der Waals surface area contributed by atoms with Crippen molar-refractivity contribution in [1.29, 1.82) is 10.5 Å². The van der Waals surface area contributed by atoms with Crippen LogP contribution in [0.15, 0.2) is 12.4 Å². The van der Waals surface area contributed by atoms with E-state index in [1.807, 2.05) is 0 Å². The van der Waals surface area contributed by atoms with Crippen LogP contribution in [-0.2, 0) is 0 Å². The molecule has 0 fully saturated rings. The van der Waals surface area contributed by atoms with E-state index in [0.29, 0.717) is 0 Å². The van der Waals surface area contributed by atoms with Crippen LogP contribution in [-0.4, -0.2) is 30.1 Å². The normalized spacial score (nSPS) is 12.0. The first-order valence-corrected chi connectivity index (χ1v) is 5.65. The molecule has 1 heterocycles. The molecule has 1 aliphatic rings. The van der Waals surface area contributed by atoms with Crippen molar-refractivity contribution < 1.29 is 0 Å². The van der Waals surface area contributed by atoms with E-state index in [4.69, 9.17) is 10.5 Å². The average Bonchev–Trinajstić information content (AvgIpc) is 2.71. The molecule has 1 rings (SSSR count). The van der Waals surface area contributed by atoms with E-state index in [1.54, 1.807) is 0 Å². The van der Waals surface area contributed by atoms with Crippen molar-refractivity contribution in [2.75, 3.05) is 20.3 Å². The van der Waals surface area contributed by atoms with Crippen molar-refractivity contribution in [1.82, 2.24) is 9.80 Å². The third-order valence-corrected chi connectivity index (χ3v) is 2.29. The minimum Gasteiger partial charge on any atom is -0.362 e. The van der Waals surface area contributed by atoms with E-state index in [0.717, 1.165) is 6.67 Å². The SMILES string of the molecule is CCCCCCN1C=CN(C)C1.N#CC#N.S. The van der Waals surface area contributed by atoms with E-state index in [9.17, 15) is 0 Å². The molecule has 0 atom stereocenters. The van der Waals surface area contributed by atoms with Crippen LogP contribution in [0.3, 0.4) is 0 Å². The molecule has 0 amide bonds. The summed E-state index contributed by atoms with van der Waals surface area (Å²) in [6.07, 6.45) is 9.76. The Balaban J connectivity index is 0. The molecular weight excluding hydrogens is 232 g/mol. The predicted octanol–water partition coefficient (Wildman–Crippen LogP) is 2.39. The molecule has 0 aliphatic carbocycles. The van der Waals surface area contributed by atoms with Crippen molar-refractivity contribution in [3.63, 3.8) is 0 Å². The fraction of sp³-hybridized carbons (Fsp3) is 0.667. The van der Waals surface area contributed by atoms with Gasteiger partial charge in [0.25, 0.3) is 0 Å². The summed E-state index contributed by atoms with van der Waals surface area (Å²) < 4.78 is 0. The molecule has 0 saturated heterocycles. The maximum atomic E-state index is 7.26. The van der Waals surface area contributed by atoms with Crippen LogP contribution >= 0.6 is 13.5 Å². The zero-order chi connectivity index (χ0) is 12.2. The molecule has 0 unspecified atom stereocenters. The second kappa shape index (κ2) is 12.7. The average molecular weight is 254 g/mol. The molecule has 96 valence electrons. The zero-order valence-electron chi connectivity index (χ0n) is 10.7. The quantitative estimate of drug-likeness (QED) is 0.707. The standard InChI is InChI=1S/C10H20N2.C2N2.H2S/c1-3-4-5-6-7-12-9-8-11(2)10-12;3-1-2-4;/h8-9H,3-7,10H2,1-2H3;;1H2. The molecule has 1 aliphatic heterocycles. The number of nitriles is 2. The van der Waals surface area contributed by atoms with E-state index < -0.39 is 0 Å². The number of hydrogen-bond donors (Lipinski definition) is 0. The van der Waals surface area contributed by atoms with Gasteiger partial charge in [-0.25, -0.2) is 0 Å². The van der Waals surface area contributed by atoms with Gasteiger partial charge in [-0.3, -0.25) is 0 Å². The lowest BCUT2D eigenvalue weighted by atomic mass is 10.2. The van der Waals surface area contributed by atoms with Gasteiger partial charge in [0.1, 0.15) is 0 Å². The Labute approximate surface area is 112 Å². The highest BCUT2D eigenvalue weighted by Crippen LogP contribution is 2.06. The third-order valence-electron chi connectivity index (χ3n) is 2.29. The molecule has 4 nitrogen and oxygen atoms in total. The van der Waals surface area contributed by atoms with Crippen LogP contribution < -0.4 is 0 Å². The van der Waals surface area contributed by atoms with Crippen molar-refractivity contribution in [3.8, 4) is 12.1 Å². The van der Waals surface area contributed by atoms with E-state index in [-0.39, 0.29) is 13.5 Å². The maximum Gasteiger partial charge on any atom is 0.181 e. The predicted molar refractivity (Wildman–Crippen MR) is 74.2 cm³/mol. The number of nitrogens with zero attached hydrogens (tertiary/aromatic N) is 4. The summed E-state index contributed by atoms with van der Waals surface area (Å²) >= 11 is 0. The van der Waals surface area contributed by atoms with Crippen LogP contribution in [0, 0.1) is 22.7 Å². The second-order valence-electron chi connectivity index (χ2n) is 3.79. The Morgan fingerprint density at radius 3 is 2.18 bits per heavy atom. The van der Waals surface area contributed by atoms with Crippen molar-refractivity contribution >= 4 is 13.5 Å². The molecular formula is C12H22N4S. The summed E-state index contributed by atoms with van der Waals surface area (Å²) in [6.45, 7) is 4.55. The van der Waals surface area contributed by atoms with Crippen molar-refractivity contribution in [2.45, 2.75) is 32.6 Å². The van der Waals surface area contributed by atoms with Gasteiger partial charge in [-0.1, -0.05) is 26.2 Å². The van der Waals surface area contributed by atoms with Gasteiger partial charge in [0.2, 0.25) is 0 Å². The summed E-state index contributed by atoms with van der Waals surface area (Å²) in [6, 6.07) is 2.47. The summed E-state index contributed by atoms with van der Waals surface area (Å²) in [4.78, 5) is 4.58. The highest BCUT2D eigenvalue weighted by molar-refractivity contribution is 7.59. The van der Waals surface area contributed by atoms with E-state index >= 15 is 0 Å². The highest BCUT2D eigenvalue weighted by atomic mass is 32.1. The van der Waals surface area contributed by atoms with Crippen LogP contribution in [0.1, 0.15) is 32.6 Å². The lowest BCUT2D eigenvalue weighted by Crippen LogP contribution is -2.23. The Morgan fingerprint density at radius 2 is 1.76 bits per heavy atom. The van der Waals surface area contributed by atoms with Gasteiger partial charge >= 0.3 is 0 Å². The monoisotopic (exact) mass is 254 g/mol. The minimum absolute atomic E-state index is 0. The Morgan fingerprint density at radius 1 is 1.12 bits per heavy atom. The summed E-state index contributed by atoms with van der Waals surface area (Å²) in [5.74, 6) is 0. The van der Waals surface area contributed by atoms with Crippen LogP contribution in [0.2, 0.25) is 0 Å². The first-order chi connectivity index (χ1) is 7.74. The molecule has 0 N–H and O–H groups in total. The number of hydrogen-bond acceptors (Lipinski definition) is 4. The maximum absolute atomic E-state index is 7.26. The first kappa shape index (κ1) is 18.0. The summed E-state index contributed by atoms with van der Waals surface area (Å²) in [7, 11) is 2.11. The zero-order valence-corrected chi connectivity index (χ0v) is 11.7. The largest absolute Gasteiger partial charge is 0.362 e. The molecule has 0 spiro atoms. The van der Waals surface area contributed by atoms with Gasteiger partial charge in [0.15, 0.2) is 12.1 Å². The van der Waals surface area contributed by atoms with Crippen molar-refractivity contribution in [2.24, 2.45) is 0 Å². The van der Waals surface area contributed by atoms with E-state index in [1.165, 1.54) is 44.4 Å². The van der Waals surface area contributed by atoms with Gasteiger partial charge in [0, 0.05) is 26.0 Å². The molecule has 17 heavy (non-hydrogen) atoms. The third kappa shape index (κ3) is 10.9. The molecule has 0 aromatic carbocycles. The molecule has 0 radical (unpaired) electrons. The first-order valence-electron chi connectivity index (χ1n) is 5.65. The Hall–Kier alpha value is -1.33. The molecule has 0 saturated carbocycles. The molecule has 0 aromatic heterocycles.